The van der Waals surface area contributed by atoms with Gasteiger partial charge < -0.3 is 13.7 Å². The number of thiophene rings is 1. The molecule has 0 N–H and O–H groups in total. The molecule has 0 radical (unpaired) electrons. The molecule has 0 atom stereocenters. The van der Waals surface area contributed by atoms with Gasteiger partial charge in [-0.1, -0.05) is 17.8 Å². The Morgan fingerprint density at radius 1 is 1.39 bits per heavy atom. The second kappa shape index (κ2) is 7.01. The van der Waals surface area contributed by atoms with Gasteiger partial charge in [-0.3, -0.25) is 4.79 Å². The predicted octanol–water partition coefficient (Wildman–Crippen LogP) is 3.45. The van der Waals surface area contributed by atoms with E-state index in [1.807, 2.05) is 24.4 Å². The van der Waals surface area contributed by atoms with Gasteiger partial charge in [-0.2, -0.15) is 0 Å². The number of aromatic nitrogens is 2. The minimum atomic E-state index is 0.0163. The van der Waals surface area contributed by atoms with Crippen molar-refractivity contribution in [3.63, 3.8) is 0 Å². The molecule has 3 rings (SSSR count). The van der Waals surface area contributed by atoms with Gasteiger partial charge in [0.2, 0.25) is 5.91 Å². The molecule has 0 fully saturated rings. The first kappa shape index (κ1) is 15.8. The zero-order valence-electron chi connectivity index (χ0n) is 12.7. The fraction of sp³-hybridized carbons (Fsp3) is 0.267. The van der Waals surface area contributed by atoms with Crippen LogP contribution in [-0.4, -0.2) is 33.8 Å². The number of carbonyl (C=O) groups is 1. The maximum atomic E-state index is 12.1. The summed E-state index contributed by atoms with van der Waals surface area (Å²) in [5, 5.41) is 10.3. The molecule has 0 bridgehead atoms. The average molecular weight is 349 g/mol. The summed E-state index contributed by atoms with van der Waals surface area (Å²) in [5.74, 6) is 1.39. The lowest BCUT2D eigenvalue weighted by atomic mass is 10.3. The molecule has 0 aliphatic heterocycles. The van der Waals surface area contributed by atoms with Crippen LogP contribution in [0.25, 0.3) is 11.5 Å². The van der Waals surface area contributed by atoms with Gasteiger partial charge in [0.15, 0.2) is 0 Å². The molecule has 120 valence electrons. The van der Waals surface area contributed by atoms with E-state index < -0.39 is 0 Å². The summed E-state index contributed by atoms with van der Waals surface area (Å²) in [6.45, 7) is 2.44. The number of aryl methyl sites for hydroxylation is 1. The van der Waals surface area contributed by atoms with Crippen LogP contribution < -0.4 is 0 Å². The lowest BCUT2D eigenvalue weighted by Crippen LogP contribution is -2.27. The summed E-state index contributed by atoms with van der Waals surface area (Å²) in [4.78, 5) is 15.0. The Balaban J connectivity index is 1.55. The van der Waals surface area contributed by atoms with Crippen molar-refractivity contribution in [2.75, 3.05) is 12.8 Å². The summed E-state index contributed by atoms with van der Waals surface area (Å²) >= 11 is 2.87. The number of hydrogen-bond donors (Lipinski definition) is 0. The monoisotopic (exact) mass is 349 g/mol. The highest BCUT2D eigenvalue weighted by atomic mass is 32.2. The van der Waals surface area contributed by atoms with Crippen LogP contribution in [-0.2, 0) is 11.3 Å². The quantitative estimate of drug-likeness (QED) is 0.635. The molecule has 3 aromatic rings. The first-order chi connectivity index (χ1) is 11.1. The topological polar surface area (TPSA) is 72.4 Å². The largest absolute Gasteiger partial charge is 0.469 e. The molecule has 0 aromatic carbocycles. The van der Waals surface area contributed by atoms with Crippen LogP contribution in [0.3, 0.4) is 0 Å². The Bertz CT molecular complexity index is 780. The summed E-state index contributed by atoms with van der Waals surface area (Å²) in [7, 11) is 1.79. The summed E-state index contributed by atoms with van der Waals surface area (Å²) in [6, 6.07) is 5.77. The Morgan fingerprint density at radius 2 is 2.26 bits per heavy atom. The van der Waals surface area contributed by atoms with Crippen molar-refractivity contribution >= 4 is 29.0 Å². The first-order valence-corrected chi connectivity index (χ1v) is 8.77. The summed E-state index contributed by atoms with van der Waals surface area (Å²) in [6.07, 6.45) is 1.57. The molecular weight excluding hydrogens is 334 g/mol. The van der Waals surface area contributed by atoms with Gasteiger partial charge in [0.05, 0.1) is 24.1 Å². The fourth-order valence-electron chi connectivity index (χ4n) is 1.94. The zero-order valence-corrected chi connectivity index (χ0v) is 14.3. The number of nitrogens with zero attached hydrogens (tertiary/aromatic N) is 3. The minimum Gasteiger partial charge on any atom is -0.469 e. The zero-order chi connectivity index (χ0) is 16.2. The van der Waals surface area contributed by atoms with Crippen LogP contribution in [0.15, 0.2) is 43.9 Å². The van der Waals surface area contributed by atoms with Crippen LogP contribution in [0.5, 0.6) is 0 Å². The predicted molar refractivity (Wildman–Crippen MR) is 88.3 cm³/mol. The number of thioether (sulfide) groups is 1. The number of rotatable bonds is 6. The molecule has 3 aromatic heterocycles. The van der Waals surface area contributed by atoms with E-state index >= 15 is 0 Å². The Kier molecular flexibility index (Phi) is 4.82. The lowest BCUT2D eigenvalue weighted by Gasteiger charge is -2.15. The molecule has 23 heavy (non-hydrogen) atoms. The Labute approximate surface area is 141 Å². The lowest BCUT2D eigenvalue weighted by molar-refractivity contribution is -0.127. The van der Waals surface area contributed by atoms with E-state index in [1.54, 1.807) is 35.6 Å². The molecule has 1 amide bonds. The number of carbonyl (C=O) groups excluding carboxylic acids is 1. The van der Waals surface area contributed by atoms with Gasteiger partial charge in [0.1, 0.15) is 5.76 Å². The van der Waals surface area contributed by atoms with Crippen molar-refractivity contribution in [1.82, 2.24) is 15.1 Å². The van der Waals surface area contributed by atoms with Crippen LogP contribution in [0, 0.1) is 6.92 Å². The highest BCUT2D eigenvalue weighted by molar-refractivity contribution is 7.99. The maximum absolute atomic E-state index is 12.1. The maximum Gasteiger partial charge on any atom is 0.277 e. The van der Waals surface area contributed by atoms with Gasteiger partial charge >= 0.3 is 0 Å². The third-order valence-corrected chi connectivity index (χ3v) is 4.88. The van der Waals surface area contributed by atoms with E-state index in [4.69, 9.17) is 8.83 Å². The van der Waals surface area contributed by atoms with Gasteiger partial charge in [0.25, 0.3) is 11.1 Å². The van der Waals surface area contributed by atoms with E-state index in [9.17, 15) is 4.79 Å². The number of amides is 1. The van der Waals surface area contributed by atoms with Crippen molar-refractivity contribution in [2.45, 2.75) is 18.7 Å². The molecule has 0 saturated carbocycles. The summed E-state index contributed by atoms with van der Waals surface area (Å²) < 4.78 is 10.8. The molecule has 3 heterocycles. The summed E-state index contributed by atoms with van der Waals surface area (Å²) in [5.41, 5.74) is 0.769. The second-order valence-electron chi connectivity index (χ2n) is 4.88. The molecule has 0 saturated heterocycles. The third-order valence-electron chi connectivity index (χ3n) is 3.21. The van der Waals surface area contributed by atoms with E-state index in [0.29, 0.717) is 17.7 Å². The van der Waals surface area contributed by atoms with E-state index in [-0.39, 0.29) is 11.7 Å². The highest BCUT2D eigenvalue weighted by Gasteiger charge is 2.16. The smallest absolute Gasteiger partial charge is 0.277 e. The molecule has 0 spiro atoms. The van der Waals surface area contributed by atoms with Gasteiger partial charge in [-0.05, 0) is 24.4 Å². The first-order valence-electron chi connectivity index (χ1n) is 6.90. The second-order valence-corrected chi connectivity index (χ2v) is 6.84. The molecule has 0 aliphatic rings. The Hall–Kier alpha value is -2.06. The highest BCUT2D eigenvalue weighted by Crippen LogP contribution is 2.26. The average Bonchev–Trinajstić information content (AvgIpc) is 3.26. The standard InChI is InChI=1S/C15H15N3O3S2/c1-10-12(5-6-20-10)14-16-17-15(21-14)23-9-13(19)18(2)8-11-4-3-7-22-11/h3-7H,8-9H2,1-2H3. The van der Waals surface area contributed by atoms with Crippen LogP contribution in [0.4, 0.5) is 0 Å². The van der Waals surface area contributed by atoms with Crippen molar-refractivity contribution in [3.8, 4) is 11.5 Å². The van der Waals surface area contributed by atoms with E-state index in [1.165, 1.54) is 11.8 Å². The van der Waals surface area contributed by atoms with Crippen LogP contribution in [0.2, 0.25) is 0 Å². The van der Waals surface area contributed by atoms with Crippen molar-refractivity contribution < 1.29 is 13.6 Å². The minimum absolute atomic E-state index is 0.0163. The SMILES string of the molecule is Cc1occc1-c1nnc(SCC(=O)N(C)Cc2cccs2)o1. The normalized spacial score (nSPS) is 10.9. The third kappa shape index (κ3) is 3.83. The fourth-order valence-corrected chi connectivity index (χ4v) is 3.40. The molecule has 0 aliphatic carbocycles. The van der Waals surface area contributed by atoms with Gasteiger partial charge in [-0.25, -0.2) is 0 Å². The van der Waals surface area contributed by atoms with Gasteiger partial charge in [0, 0.05) is 11.9 Å². The Morgan fingerprint density at radius 3 is 2.96 bits per heavy atom. The van der Waals surface area contributed by atoms with E-state index in [2.05, 4.69) is 10.2 Å². The van der Waals surface area contributed by atoms with Crippen molar-refractivity contribution in [1.29, 1.82) is 0 Å². The van der Waals surface area contributed by atoms with E-state index in [0.717, 1.165) is 16.2 Å². The van der Waals surface area contributed by atoms with Crippen molar-refractivity contribution in [3.05, 3.63) is 40.5 Å². The number of furan rings is 1. The number of hydrogen-bond acceptors (Lipinski definition) is 7. The van der Waals surface area contributed by atoms with Crippen LogP contribution >= 0.6 is 23.1 Å². The molecular formula is C15H15N3O3S2. The molecule has 8 heteroatoms. The molecule has 6 nitrogen and oxygen atoms in total. The molecule has 0 unspecified atom stereocenters. The van der Waals surface area contributed by atoms with Crippen LogP contribution in [0.1, 0.15) is 10.6 Å². The van der Waals surface area contributed by atoms with Crippen molar-refractivity contribution in [2.24, 2.45) is 0 Å². The van der Waals surface area contributed by atoms with Gasteiger partial charge in [-0.15, -0.1) is 21.5 Å².